The summed E-state index contributed by atoms with van der Waals surface area (Å²) in [5, 5.41) is 12.3. The molecule has 0 unspecified atom stereocenters. The smallest absolute Gasteiger partial charge is 0.378 e. The summed E-state index contributed by atoms with van der Waals surface area (Å²) < 4.78 is 1.39. The largest absolute Gasteiger partial charge is 0.475 e. The van der Waals surface area contributed by atoms with Crippen LogP contribution in [0.5, 0.6) is 0 Å². The van der Waals surface area contributed by atoms with Crippen LogP contribution in [0, 0.1) is 0 Å². The highest BCUT2D eigenvalue weighted by Gasteiger charge is 2.19. The predicted octanol–water partition coefficient (Wildman–Crippen LogP) is 0.731. The second kappa shape index (κ2) is 3.38. The lowest BCUT2D eigenvalue weighted by Gasteiger charge is -2.07. The van der Waals surface area contributed by atoms with Gasteiger partial charge in [0.25, 0.3) is 5.78 Å². The molecule has 0 aliphatic carbocycles. The summed E-state index contributed by atoms with van der Waals surface area (Å²) in [6.07, 6.45) is 1.41. The molecule has 0 spiro atoms. The highest BCUT2D eigenvalue weighted by Crippen LogP contribution is 2.08. The van der Waals surface area contributed by atoms with Crippen LogP contribution < -0.4 is 0 Å². The van der Waals surface area contributed by atoms with Crippen LogP contribution in [0.4, 0.5) is 0 Å². The molecule has 1 heterocycles. The molecule has 0 radical (unpaired) electrons. The lowest BCUT2D eigenvalue weighted by Crippen LogP contribution is -2.19. The molecule has 0 atom stereocenters. The monoisotopic (exact) mass is 182 g/mol. The summed E-state index contributed by atoms with van der Waals surface area (Å²) in [6.45, 7) is 3.65. The number of carboxylic acid groups (broad SMARTS) is 1. The van der Waals surface area contributed by atoms with Crippen LogP contribution in [-0.4, -0.2) is 26.6 Å². The first kappa shape index (κ1) is 9.44. The van der Waals surface area contributed by atoms with Gasteiger partial charge in [-0.25, -0.2) is 4.79 Å². The average Bonchev–Trinajstić information content (AvgIpc) is 2.50. The first-order valence-electron chi connectivity index (χ1n) is 3.85. The number of hydrogen-bond acceptors (Lipinski definition) is 3. The Morgan fingerprint density at radius 3 is 2.62 bits per heavy atom. The van der Waals surface area contributed by atoms with Crippen molar-refractivity contribution in [1.29, 1.82) is 0 Å². The Balaban J connectivity index is 3.07. The third kappa shape index (κ3) is 1.74. The summed E-state index contributed by atoms with van der Waals surface area (Å²) in [4.78, 5) is 21.5. The van der Waals surface area contributed by atoms with Gasteiger partial charge in [-0.05, 0) is 19.9 Å². The van der Waals surface area contributed by atoms with E-state index in [1.54, 1.807) is 0 Å². The number of carboxylic acids is 1. The highest BCUT2D eigenvalue weighted by molar-refractivity contribution is 6.39. The maximum absolute atomic E-state index is 11.1. The van der Waals surface area contributed by atoms with Gasteiger partial charge in [0.15, 0.2) is 0 Å². The number of aliphatic carboxylic acids is 1. The minimum Gasteiger partial charge on any atom is -0.475 e. The summed E-state index contributed by atoms with van der Waals surface area (Å²) in [6, 6.07) is 1.38. The van der Waals surface area contributed by atoms with Crippen molar-refractivity contribution in [2.24, 2.45) is 0 Å². The van der Waals surface area contributed by atoms with Gasteiger partial charge in [0.2, 0.25) is 0 Å². The fourth-order valence-corrected chi connectivity index (χ4v) is 1.02. The standard InChI is InChI=1S/C8H10N2O3/c1-5(2)10-6(3-4-9-10)7(11)8(12)13/h3-5H,1-2H3,(H,12,13). The Morgan fingerprint density at radius 1 is 1.54 bits per heavy atom. The highest BCUT2D eigenvalue weighted by atomic mass is 16.4. The quantitative estimate of drug-likeness (QED) is 0.552. The van der Waals surface area contributed by atoms with Gasteiger partial charge in [0.1, 0.15) is 5.69 Å². The van der Waals surface area contributed by atoms with Crippen molar-refractivity contribution in [3.63, 3.8) is 0 Å². The number of carbonyl (C=O) groups excluding carboxylic acids is 1. The lowest BCUT2D eigenvalue weighted by molar-refractivity contribution is -0.131. The van der Waals surface area contributed by atoms with Gasteiger partial charge in [-0.2, -0.15) is 5.10 Å². The maximum Gasteiger partial charge on any atom is 0.378 e. The fourth-order valence-electron chi connectivity index (χ4n) is 1.02. The molecule has 0 aliphatic rings. The molecule has 1 N–H and O–H groups in total. The van der Waals surface area contributed by atoms with E-state index in [2.05, 4.69) is 5.10 Å². The van der Waals surface area contributed by atoms with E-state index in [1.807, 2.05) is 13.8 Å². The van der Waals surface area contributed by atoms with Crippen LogP contribution in [0.1, 0.15) is 30.4 Å². The van der Waals surface area contributed by atoms with E-state index in [-0.39, 0.29) is 11.7 Å². The van der Waals surface area contributed by atoms with E-state index in [1.165, 1.54) is 16.9 Å². The van der Waals surface area contributed by atoms with Crippen molar-refractivity contribution in [1.82, 2.24) is 9.78 Å². The van der Waals surface area contributed by atoms with Crippen molar-refractivity contribution in [3.8, 4) is 0 Å². The third-order valence-corrected chi connectivity index (χ3v) is 1.59. The van der Waals surface area contributed by atoms with Gasteiger partial charge in [-0.15, -0.1) is 0 Å². The zero-order chi connectivity index (χ0) is 10.0. The molecule has 1 aromatic rings. The van der Waals surface area contributed by atoms with Crippen LogP contribution in [0.3, 0.4) is 0 Å². The van der Waals surface area contributed by atoms with Crippen molar-refractivity contribution in [3.05, 3.63) is 18.0 Å². The average molecular weight is 182 g/mol. The Morgan fingerprint density at radius 2 is 2.15 bits per heavy atom. The molecule has 70 valence electrons. The Hall–Kier alpha value is -1.65. The SMILES string of the molecule is CC(C)n1nccc1C(=O)C(=O)O. The maximum atomic E-state index is 11.1. The first-order valence-corrected chi connectivity index (χ1v) is 3.85. The first-order chi connectivity index (χ1) is 6.04. The Bertz CT molecular complexity index is 341. The second-order valence-corrected chi connectivity index (χ2v) is 2.89. The predicted molar refractivity (Wildman–Crippen MR) is 44.6 cm³/mol. The van der Waals surface area contributed by atoms with Crippen molar-refractivity contribution in [2.45, 2.75) is 19.9 Å². The topological polar surface area (TPSA) is 72.2 Å². The molecule has 0 saturated carbocycles. The molecule has 5 heteroatoms. The van der Waals surface area contributed by atoms with Gasteiger partial charge in [0, 0.05) is 12.2 Å². The lowest BCUT2D eigenvalue weighted by atomic mass is 10.2. The second-order valence-electron chi connectivity index (χ2n) is 2.89. The number of rotatable bonds is 3. The van der Waals surface area contributed by atoms with Crippen molar-refractivity contribution >= 4 is 11.8 Å². The van der Waals surface area contributed by atoms with E-state index < -0.39 is 11.8 Å². The summed E-state index contributed by atoms with van der Waals surface area (Å²) >= 11 is 0. The van der Waals surface area contributed by atoms with Crippen molar-refractivity contribution < 1.29 is 14.7 Å². The van der Waals surface area contributed by atoms with Gasteiger partial charge in [0.05, 0.1) is 0 Å². The molecule has 0 aliphatic heterocycles. The van der Waals surface area contributed by atoms with E-state index in [0.717, 1.165) is 0 Å². The molecule has 1 rings (SSSR count). The summed E-state index contributed by atoms with van der Waals surface area (Å²) in [5.41, 5.74) is 0.113. The number of carbonyl (C=O) groups is 2. The molecule has 0 aromatic carbocycles. The van der Waals surface area contributed by atoms with Gasteiger partial charge < -0.3 is 5.11 Å². The van der Waals surface area contributed by atoms with Crippen LogP contribution in [0.15, 0.2) is 12.3 Å². The summed E-state index contributed by atoms with van der Waals surface area (Å²) in [5.74, 6) is -2.38. The van der Waals surface area contributed by atoms with E-state index in [9.17, 15) is 9.59 Å². The number of hydrogen-bond donors (Lipinski definition) is 1. The zero-order valence-electron chi connectivity index (χ0n) is 7.39. The minimum atomic E-state index is -1.46. The molecule has 5 nitrogen and oxygen atoms in total. The summed E-state index contributed by atoms with van der Waals surface area (Å²) in [7, 11) is 0. The molecule has 0 amide bonds. The molecule has 1 aromatic heterocycles. The van der Waals surface area contributed by atoms with Gasteiger partial charge in [-0.1, -0.05) is 0 Å². The molecule has 13 heavy (non-hydrogen) atoms. The number of aromatic nitrogens is 2. The van der Waals surface area contributed by atoms with E-state index >= 15 is 0 Å². The van der Waals surface area contributed by atoms with E-state index in [0.29, 0.717) is 0 Å². The zero-order valence-corrected chi connectivity index (χ0v) is 7.39. The van der Waals surface area contributed by atoms with Crippen LogP contribution in [-0.2, 0) is 4.79 Å². The number of ketones is 1. The van der Waals surface area contributed by atoms with Crippen LogP contribution in [0.2, 0.25) is 0 Å². The fraction of sp³-hybridized carbons (Fsp3) is 0.375. The normalized spacial score (nSPS) is 10.4. The van der Waals surface area contributed by atoms with E-state index in [4.69, 9.17) is 5.11 Å². The molecule has 0 bridgehead atoms. The molecule has 0 saturated heterocycles. The van der Waals surface area contributed by atoms with Gasteiger partial charge >= 0.3 is 5.97 Å². The number of nitrogens with zero attached hydrogens (tertiary/aromatic N) is 2. The van der Waals surface area contributed by atoms with Crippen LogP contribution >= 0.6 is 0 Å². The third-order valence-electron chi connectivity index (χ3n) is 1.59. The molecular formula is C8H10N2O3. The molecular weight excluding hydrogens is 172 g/mol. The Labute approximate surface area is 75.0 Å². The molecule has 0 fully saturated rings. The Kier molecular flexibility index (Phi) is 2.46. The van der Waals surface area contributed by atoms with Crippen LogP contribution in [0.25, 0.3) is 0 Å². The van der Waals surface area contributed by atoms with Crippen molar-refractivity contribution in [2.75, 3.05) is 0 Å². The number of Topliss-reactive ketones (excluding diaryl/α,β-unsaturated/α-hetero) is 1. The minimum absolute atomic E-state index is 0.0201. The van der Waals surface area contributed by atoms with Gasteiger partial charge in [-0.3, -0.25) is 9.48 Å².